The number of hydrogen-bond acceptors (Lipinski definition) is 4. The summed E-state index contributed by atoms with van der Waals surface area (Å²) < 4.78 is 0. The van der Waals surface area contributed by atoms with Crippen LogP contribution in [-0.2, 0) is 0 Å². The summed E-state index contributed by atoms with van der Waals surface area (Å²) in [5.74, 6) is 5.51. The Hall–Kier alpha value is -1.59. The Balaban J connectivity index is 2.15. The van der Waals surface area contributed by atoms with Crippen molar-refractivity contribution in [2.45, 2.75) is 26.3 Å². The van der Waals surface area contributed by atoms with Gasteiger partial charge in [0.05, 0.1) is 0 Å². The van der Waals surface area contributed by atoms with E-state index in [-0.39, 0.29) is 5.91 Å². The van der Waals surface area contributed by atoms with Crippen LogP contribution in [0.25, 0.3) is 0 Å². The van der Waals surface area contributed by atoms with Gasteiger partial charge in [-0.1, -0.05) is 6.92 Å². The van der Waals surface area contributed by atoms with Crippen LogP contribution in [0.4, 0.5) is 5.69 Å². The number of hydrogen-bond donors (Lipinski definition) is 2. The average molecular weight is 276 g/mol. The van der Waals surface area contributed by atoms with Gasteiger partial charge in [-0.15, -0.1) is 0 Å². The summed E-state index contributed by atoms with van der Waals surface area (Å²) in [5, 5.41) is 0. The summed E-state index contributed by atoms with van der Waals surface area (Å²) >= 11 is 0. The number of hydrazine groups is 1. The van der Waals surface area contributed by atoms with E-state index in [9.17, 15) is 4.79 Å². The third-order valence-corrected chi connectivity index (χ3v) is 4.16. The molecule has 1 unspecified atom stereocenters. The van der Waals surface area contributed by atoms with E-state index < -0.39 is 0 Å². The van der Waals surface area contributed by atoms with E-state index in [2.05, 4.69) is 24.3 Å². The third-order valence-electron chi connectivity index (χ3n) is 4.16. The monoisotopic (exact) mass is 276 g/mol. The van der Waals surface area contributed by atoms with Gasteiger partial charge < -0.3 is 10.3 Å². The maximum atomic E-state index is 12.6. The summed E-state index contributed by atoms with van der Waals surface area (Å²) in [6, 6.07) is 6.05. The van der Waals surface area contributed by atoms with Crippen LogP contribution in [0.15, 0.2) is 18.2 Å². The first kappa shape index (κ1) is 14.8. The summed E-state index contributed by atoms with van der Waals surface area (Å²) in [5.41, 5.74) is 5.15. The van der Waals surface area contributed by atoms with Crippen LogP contribution < -0.4 is 11.3 Å². The lowest BCUT2D eigenvalue weighted by atomic mass is 10.0. The summed E-state index contributed by atoms with van der Waals surface area (Å²) in [6.45, 7) is 6.65. The lowest BCUT2D eigenvalue weighted by Crippen LogP contribution is -2.53. The molecule has 1 aromatic rings. The molecule has 1 aliphatic rings. The number of carbonyl (C=O) groups is 1. The highest BCUT2D eigenvalue weighted by molar-refractivity contribution is 5.96. The molecule has 1 atom stereocenters. The standard InChI is InChI=1S/C15H24N4O/c1-4-13-10-19(8-7-18(13)3)15(20)14-6-5-12(17-16)9-11(14)2/h5-6,9,13,17H,4,7-8,10,16H2,1-3H3. The molecule has 0 aliphatic carbocycles. The normalized spacial score (nSPS) is 20.0. The largest absolute Gasteiger partial charge is 0.336 e. The topological polar surface area (TPSA) is 61.6 Å². The molecule has 0 aromatic heterocycles. The fraction of sp³-hybridized carbons (Fsp3) is 0.533. The van der Waals surface area contributed by atoms with E-state index in [0.717, 1.165) is 42.9 Å². The fourth-order valence-electron chi connectivity index (χ4n) is 2.74. The van der Waals surface area contributed by atoms with Gasteiger partial charge in [0, 0.05) is 36.9 Å². The summed E-state index contributed by atoms with van der Waals surface area (Å²) in [4.78, 5) is 16.9. The number of nitrogens with two attached hydrogens (primary N) is 1. The molecule has 0 bridgehead atoms. The Morgan fingerprint density at radius 2 is 2.20 bits per heavy atom. The number of nitrogens with zero attached hydrogens (tertiary/aromatic N) is 2. The van der Waals surface area contributed by atoms with E-state index in [1.165, 1.54) is 0 Å². The number of nitrogens with one attached hydrogen (secondary N) is 1. The van der Waals surface area contributed by atoms with Crippen LogP contribution in [0.2, 0.25) is 0 Å². The second-order valence-electron chi connectivity index (χ2n) is 5.47. The number of piperazine rings is 1. The Morgan fingerprint density at radius 3 is 2.80 bits per heavy atom. The number of likely N-dealkylation sites (N-methyl/N-ethyl adjacent to an activating group) is 1. The number of amides is 1. The number of anilines is 1. The molecule has 20 heavy (non-hydrogen) atoms. The molecule has 110 valence electrons. The van der Waals surface area contributed by atoms with Gasteiger partial charge in [0.25, 0.3) is 5.91 Å². The van der Waals surface area contributed by atoms with Crippen molar-refractivity contribution in [2.75, 3.05) is 32.1 Å². The van der Waals surface area contributed by atoms with Gasteiger partial charge in [0.1, 0.15) is 0 Å². The minimum atomic E-state index is 0.123. The number of rotatable bonds is 3. The van der Waals surface area contributed by atoms with Crippen molar-refractivity contribution in [1.29, 1.82) is 0 Å². The maximum absolute atomic E-state index is 12.6. The van der Waals surface area contributed by atoms with E-state index >= 15 is 0 Å². The van der Waals surface area contributed by atoms with Crippen molar-refractivity contribution >= 4 is 11.6 Å². The molecule has 1 amide bonds. The van der Waals surface area contributed by atoms with Crippen molar-refractivity contribution in [3.05, 3.63) is 29.3 Å². The molecule has 0 spiro atoms. The van der Waals surface area contributed by atoms with E-state index in [1.807, 2.05) is 30.0 Å². The van der Waals surface area contributed by atoms with Crippen LogP contribution in [0.5, 0.6) is 0 Å². The molecule has 1 aromatic carbocycles. The Bertz CT molecular complexity index is 489. The van der Waals surface area contributed by atoms with E-state index in [4.69, 9.17) is 5.84 Å². The van der Waals surface area contributed by atoms with Gasteiger partial charge in [0.15, 0.2) is 0 Å². The SMILES string of the molecule is CCC1CN(C(=O)c2ccc(NN)cc2C)CCN1C. The van der Waals surface area contributed by atoms with Crippen LogP contribution in [0, 0.1) is 6.92 Å². The van der Waals surface area contributed by atoms with Crippen molar-refractivity contribution in [3.63, 3.8) is 0 Å². The molecule has 1 aliphatic heterocycles. The predicted molar refractivity (Wildman–Crippen MR) is 81.6 cm³/mol. The molecule has 1 heterocycles. The molecule has 0 saturated carbocycles. The van der Waals surface area contributed by atoms with Crippen molar-refractivity contribution in [2.24, 2.45) is 5.84 Å². The number of aryl methyl sites for hydroxylation is 1. The van der Waals surface area contributed by atoms with Crippen LogP contribution >= 0.6 is 0 Å². The van der Waals surface area contributed by atoms with Gasteiger partial charge >= 0.3 is 0 Å². The molecular weight excluding hydrogens is 252 g/mol. The quantitative estimate of drug-likeness (QED) is 0.648. The van der Waals surface area contributed by atoms with Crippen molar-refractivity contribution in [1.82, 2.24) is 9.80 Å². The molecule has 1 fully saturated rings. The van der Waals surface area contributed by atoms with Gasteiger partial charge in [0.2, 0.25) is 0 Å². The lowest BCUT2D eigenvalue weighted by molar-refractivity contribution is 0.0541. The Morgan fingerprint density at radius 1 is 1.45 bits per heavy atom. The zero-order valence-corrected chi connectivity index (χ0v) is 12.5. The van der Waals surface area contributed by atoms with Crippen molar-refractivity contribution in [3.8, 4) is 0 Å². The smallest absolute Gasteiger partial charge is 0.254 e. The molecular formula is C15H24N4O. The molecule has 0 radical (unpaired) electrons. The highest BCUT2D eigenvalue weighted by Gasteiger charge is 2.27. The highest BCUT2D eigenvalue weighted by Crippen LogP contribution is 2.19. The zero-order chi connectivity index (χ0) is 14.7. The fourth-order valence-corrected chi connectivity index (χ4v) is 2.74. The summed E-state index contributed by atoms with van der Waals surface area (Å²) in [7, 11) is 2.13. The van der Waals surface area contributed by atoms with Gasteiger partial charge in [-0.3, -0.25) is 15.5 Å². The van der Waals surface area contributed by atoms with Gasteiger partial charge in [-0.25, -0.2) is 0 Å². The predicted octanol–water partition coefficient (Wildman–Crippen LogP) is 1.45. The minimum Gasteiger partial charge on any atom is -0.336 e. The number of carbonyl (C=O) groups excluding carboxylic acids is 1. The molecule has 3 N–H and O–H groups in total. The Labute approximate surface area is 120 Å². The van der Waals surface area contributed by atoms with Crippen LogP contribution in [-0.4, -0.2) is 48.4 Å². The Kier molecular flexibility index (Phi) is 4.62. The van der Waals surface area contributed by atoms with E-state index in [1.54, 1.807) is 0 Å². The first-order valence-corrected chi connectivity index (χ1v) is 7.13. The number of benzene rings is 1. The zero-order valence-electron chi connectivity index (χ0n) is 12.5. The first-order valence-electron chi connectivity index (χ1n) is 7.13. The maximum Gasteiger partial charge on any atom is 0.254 e. The second-order valence-corrected chi connectivity index (χ2v) is 5.47. The van der Waals surface area contributed by atoms with E-state index in [0.29, 0.717) is 6.04 Å². The molecule has 5 heteroatoms. The summed E-state index contributed by atoms with van der Waals surface area (Å²) in [6.07, 6.45) is 1.06. The van der Waals surface area contributed by atoms with Gasteiger partial charge in [-0.05, 0) is 44.2 Å². The second kappa shape index (κ2) is 6.24. The minimum absolute atomic E-state index is 0.123. The molecule has 2 rings (SSSR count). The lowest BCUT2D eigenvalue weighted by Gasteiger charge is -2.39. The molecule has 5 nitrogen and oxygen atoms in total. The van der Waals surface area contributed by atoms with Crippen molar-refractivity contribution < 1.29 is 4.79 Å². The van der Waals surface area contributed by atoms with Crippen LogP contribution in [0.3, 0.4) is 0 Å². The average Bonchev–Trinajstić information content (AvgIpc) is 2.47. The van der Waals surface area contributed by atoms with Crippen LogP contribution in [0.1, 0.15) is 29.3 Å². The highest BCUT2D eigenvalue weighted by atomic mass is 16.2. The molecule has 1 saturated heterocycles. The first-order chi connectivity index (χ1) is 9.56. The number of nitrogen functional groups attached to an aromatic ring is 1. The third kappa shape index (κ3) is 2.94. The van der Waals surface area contributed by atoms with Gasteiger partial charge in [-0.2, -0.15) is 0 Å².